The molecule has 0 atom stereocenters. The Hall–Kier alpha value is -2.11. The molecular formula is C16H16N2O2S. The van der Waals surface area contributed by atoms with E-state index in [9.17, 15) is 8.42 Å². The largest absolute Gasteiger partial charge is 0.308 e. The summed E-state index contributed by atoms with van der Waals surface area (Å²) >= 11 is 0. The summed E-state index contributed by atoms with van der Waals surface area (Å²) in [6.45, 7) is 0. The van der Waals surface area contributed by atoms with Gasteiger partial charge in [-0.2, -0.15) is 0 Å². The summed E-state index contributed by atoms with van der Waals surface area (Å²) < 4.78 is 24.4. The van der Waals surface area contributed by atoms with E-state index in [4.69, 9.17) is 0 Å². The Kier molecular flexibility index (Phi) is 3.77. The fourth-order valence-corrected chi connectivity index (χ4v) is 3.26. The van der Waals surface area contributed by atoms with E-state index in [-0.39, 0.29) is 4.90 Å². The van der Waals surface area contributed by atoms with Crippen LogP contribution in [0.2, 0.25) is 0 Å². The Balaban J connectivity index is 1.78. The molecule has 0 saturated carbocycles. The first-order chi connectivity index (χ1) is 10.2. The van der Waals surface area contributed by atoms with Crippen molar-refractivity contribution in [3.05, 3.63) is 71.8 Å². The molecule has 0 aliphatic heterocycles. The van der Waals surface area contributed by atoms with Gasteiger partial charge in [-0.15, -0.1) is 4.83 Å². The highest BCUT2D eigenvalue weighted by molar-refractivity contribution is 7.89. The van der Waals surface area contributed by atoms with Gasteiger partial charge in [0.1, 0.15) is 0 Å². The number of benzene rings is 2. The highest BCUT2D eigenvalue weighted by Gasteiger charge is 2.16. The van der Waals surface area contributed by atoms with Crippen molar-refractivity contribution in [1.82, 2.24) is 10.3 Å². The van der Waals surface area contributed by atoms with Gasteiger partial charge in [0.15, 0.2) is 0 Å². The molecule has 0 aromatic heterocycles. The predicted octanol–water partition coefficient (Wildman–Crippen LogP) is 2.46. The van der Waals surface area contributed by atoms with Crippen molar-refractivity contribution in [2.24, 2.45) is 0 Å². The predicted molar refractivity (Wildman–Crippen MR) is 82.6 cm³/mol. The molecule has 0 spiro atoms. The first-order valence-corrected chi connectivity index (χ1v) is 8.26. The minimum absolute atomic E-state index is 0.238. The van der Waals surface area contributed by atoms with Gasteiger partial charge in [0.2, 0.25) is 0 Å². The molecule has 108 valence electrons. The number of hydrogen-bond acceptors (Lipinski definition) is 3. The normalized spacial score (nSPS) is 14.2. The highest BCUT2D eigenvalue weighted by Crippen LogP contribution is 2.23. The zero-order chi connectivity index (χ0) is 14.7. The fourth-order valence-electron chi connectivity index (χ4n) is 2.38. The van der Waals surface area contributed by atoms with Crippen LogP contribution >= 0.6 is 0 Å². The van der Waals surface area contributed by atoms with Crippen molar-refractivity contribution < 1.29 is 8.42 Å². The first-order valence-electron chi connectivity index (χ1n) is 6.78. The van der Waals surface area contributed by atoms with E-state index in [1.54, 1.807) is 30.3 Å². The molecule has 5 heteroatoms. The van der Waals surface area contributed by atoms with Crippen LogP contribution in [0.15, 0.2) is 65.6 Å². The van der Waals surface area contributed by atoms with Crippen LogP contribution in [0.25, 0.3) is 5.70 Å². The van der Waals surface area contributed by atoms with Gasteiger partial charge in [-0.05, 0) is 30.5 Å². The Morgan fingerprint density at radius 3 is 2.43 bits per heavy atom. The van der Waals surface area contributed by atoms with Crippen LogP contribution in [0.1, 0.15) is 17.5 Å². The second-order valence-corrected chi connectivity index (χ2v) is 6.54. The number of hydrogen-bond donors (Lipinski definition) is 2. The van der Waals surface area contributed by atoms with Gasteiger partial charge >= 0.3 is 0 Å². The van der Waals surface area contributed by atoms with E-state index in [1.807, 2.05) is 24.3 Å². The third-order valence-electron chi connectivity index (χ3n) is 3.44. The van der Waals surface area contributed by atoms with Crippen LogP contribution in [-0.4, -0.2) is 8.42 Å². The van der Waals surface area contributed by atoms with Crippen molar-refractivity contribution in [2.75, 3.05) is 0 Å². The summed E-state index contributed by atoms with van der Waals surface area (Å²) in [4.78, 5) is 2.68. The van der Waals surface area contributed by atoms with E-state index in [1.165, 1.54) is 5.56 Å². The van der Waals surface area contributed by atoms with Gasteiger partial charge in [0, 0.05) is 5.56 Å². The van der Waals surface area contributed by atoms with Crippen molar-refractivity contribution in [3.63, 3.8) is 0 Å². The lowest BCUT2D eigenvalue weighted by atomic mass is 9.95. The second kappa shape index (κ2) is 5.71. The van der Waals surface area contributed by atoms with Crippen LogP contribution in [0.3, 0.4) is 0 Å². The second-order valence-electron chi connectivity index (χ2n) is 4.86. The maximum atomic E-state index is 12.2. The lowest BCUT2D eigenvalue weighted by Crippen LogP contribution is -2.36. The average molecular weight is 300 g/mol. The molecule has 0 saturated heterocycles. The van der Waals surface area contributed by atoms with E-state index in [2.05, 4.69) is 16.3 Å². The monoisotopic (exact) mass is 300 g/mol. The van der Waals surface area contributed by atoms with Crippen molar-refractivity contribution >= 4 is 15.7 Å². The maximum absolute atomic E-state index is 12.2. The van der Waals surface area contributed by atoms with Crippen LogP contribution in [0.5, 0.6) is 0 Å². The summed E-state index contributed by atoms with van der Waals surface area (Å²) in [5.41, 5.74) is 5.91. The summed E-state index contributed by atoms with van der Waals surface area (Å²) in [5, 5.41) is 0. The highest BCUT2D eigenvalue weighted by atomic mass is 32.2. The third kappa shape index (κ3) is 2.99. The minimum atomic E-state index is -3.56. The SMILES string of the molecule is O=S(=O)(NNC1=CCCc2ccccc21)c1ccccc1. The molecule has 2 N–H and O–H groups in total. The molecule has 0 fully saturated rings. The van der Waals surface area contributed by atoms with E-state index < -0.39 is 10.0 Å². The molecule has 1 aliphatic rings. The number of sulfonamides is 1. The van der Waals surface area contributed by atoms with Gasteiger partial charge in [-0.1, -0.05) is 48.5 Å². The van der Waals surface area contributed by atoms with E-state index >= 15 is 0 Å². The summed E-state index contributed by atoms with van der Waals surface area (Å²) in [5.74, 6) is 0. The van der Waals surface area contributed by atoms with Gasteiger partial charge in [-0.3, -0.25) is 0 Å². The molecule has 0 amide bonds. The van der Waals surface area contributed by atoms with E-state index in [0.717, 1.165) is 24.1 Å². The van der Waals surface area contributed by atoms with Gasteiger partial charge < -0.3 is 5.43 Å². The zero-order valence-electron chi connectivity index (χ0n) is 11.4. The average Bonchev–Trinajstić information content (AvgIpc) is 2.54. The molecule has 2 aromatic rings. The maximum Gasteiger partial charge on any atom is 0.257 e. The number of nitrogens with one attached hydrogen (secondary N) is 2. The van der Waals surface area contributed by atoms with Crippen molar-refractivity contribution in [2.45, 2.75) is 17.7 Å². The lowest BCUT2D eigenvalue weighted by molar-refractivity contribution is 0.575. The Morgan fingerprint density at radius 1 is 0.905 bits per heavy atom. The zero-order valence-corrected chi connectivity index (χ0v) is 12.2. The molecule has 21 heavy (non-hydrogen) atoms. The number of hydrazine groups is 1. The summed E-state index contributed by atoms with van der Waals surface area (Å²) in [7, 11) is -3.56. The Bertz CT molecular complexity index is 768. The molecule has 4 nitrogen and oxygen atoms in total. The molecule has 3 rings (SSSR count). The lowest BCUT2D eigenvalue weighted by Gasteiger charge is -2.19. The van der Waals surface area contributed by atoms with Crippen molar-refractivity contribution in [1.29, 1.82) is 0 Å². The third-order valence-corrected chi connectivity index (χ3v) is 4.71. The van der Waals surface area contributed by atoms with Gasteiger partial charge in [0.25, 0.3) is 10.0 Å². The Morgan fingerprint density at radius 2 is 1.62 bits per heavy atom. The summed E-state index contributed by atoms with van der Waals surface area (Å²) in [6, 6.07) is 16.3. The van der Waals surface area contributed by atoms with Crippen LogP contribution in [0.4, 0.5) is 0 Å². The first kappa shape index (κ1) is 13.9. The molecular weight excluding hydrogens is 284 g/mol. The minimum Gasteiger partial charge on any atom is -0.308 e. The number of fused-ring (bicyclic) bond motifs is 1. The number of aryl methyl sites for hydroxylation is 1. The number of allylic oxidation sites excluding steroid dienone is 1. The molecule has 2 aromatic carbocycles. The molecule has 0 unspecified atom stereocenters. The number of rotatable bonds is 4. The van der Waals surface area contributed by atoms with E-state index in [0.29, 0.717) is 0 Å². The van der Waals surface area contributed by atoms with Gasteiger partial charge in [-0.25, -0.2) is 8.42 Å². The Labute approximate surface area is 124 Å². The van der Waals surface area contributed by atoms with Crippen molar-refractivity contribution in [3.8, 4) is 0 Å². The van der Waals surface area contributed by atoms with Gasteiger partial charge in [0.05, 0.1) is 10.6 Å². The smallest absolute Gasteiger partial charge is 0.257 e. The van der Waals surface area contributed by atoms with Crippen LogP contribution < -0.4 is 10.3 Å². The molecule has 0 radical (unpaired) electrons. The molecule has 0 bridgehead atoms. The fraction of sp³-hybridized carbons (Fsp3) is 0.125. The molecule has 0 heterocycles. The topological polar surface area (TPSA) is 58.2 Å². The van der Waals surface area contributed by atoms with Crippen LogP contribution in [-0.2, 0) is 16.4 Å². The standard InChI is InChI=1S/C16H16N2O2S/c19-21(20,14-9-2-1-3-10-14)18-17-16-12-6-8-13-7-4-5-11-15(13)16/h1-5,7,9-12,17-18H,6,8H2. The summed E-state index contributed by atoms with van der Waals surface area (Å²) in [6.07, 6.45) is 3.88. The quantitative estimate of drug-likeness (QED) is 0.853. The molecule has 1 aliphatic carbocycles. The van der Waals surface area contributed by atoms with Crippen LogP contribution in [0, 0.1) is 0 Å².